The molecule has 0 aliphatic heterocycles. The predicted octanol–water partition coefficient (Wildman–Crippen LogP) is 1.70. The van der Waals surface area contributed by atoms with Gasteiger partial charge in [0.15, 0.2) is 0 Å². The molecule has 0 saturated heterocycles. The second kappa shape index (κ2) is 10.4. The first-order valence-electron chi connectivity index (χ1n) is 4.46. The summed E-state index contributed by atoms with van der Waals surface area (Å²) in [4.78, 5) is 10.8. The Balaban J connectivity index is 0. The molecule has 0 aromatic heterocycles. The molecule has 74 valence electrons. The van der Waals surface area contributed by atoms with E-state index in [0.29, 0.717) is 13.0 Å². The van der Waals surface area contributed by atoms with Gasteiger partial charge in [-0.05, 0) is 13.3 Å². The van der Waals surface area contributed by atoms with Gasteiger partial charge in [-0.3, -0.25) is 4.79 Å². The van der Waals surface area contributed by atoms with E-state index >= 15 is 0 Å². The molecule has 2 N–H and O–H groups in total. The van der Waals surface area contributed by atoms with Crippen LogP contribution in [0, 0.1) is 0 Å². The van der Waals surface area contributed by atoms with E-state index in [1.165, 1.54) is 12.8 Å². The molecule has 0 unspecified atom stereocenters. The third kappa shape index (κ3) is 9.43. The van der Waals surface area contributed by atoms with Crippen LogP contribution in [0.3, 0.4) is 0 Å². The molecule has 0 aliphatic rings. The molecule has 12 heavy (non-hydrogen) atoms. The zero-order valence-corrected chi connectivity index (χ0v) is 8.06. The van der Waals surface area contributed by atoms with Crippen LogP contribution in [-0.2, 0) is 9.53 Å². The molecule has 3 heteroatoms. The van der Waals surface area contributed by atoms with E-state index in [9.17, 15) is 4.79 Å². The van der Waals surface area contributed by atoms with E-state index in [1.54, 1.807) is 0 Å². The Morgan fingerprint density at radius 3 is 2.33 bits per heavy atom. The first-order chi connectivity index (χ1) is 5.31. The molecule has 0 aliphatic carbocycles. The number of ether oxygens (including phenoxy) is 1. The van der Waals surface area contributed by atoms with Gasteiger partial charge in [-0.2, -0.15) is 0 Å². The summed E-state index contributed by atoms with van der Waals surface area (Å²) in [6.07, 6.45) is 5.15. The van der Waals surface area contributed by atoms with Crippen LogP contribution in [0.5, 0.6) is 0 Å². The molecular weight excluding hydrogens is 156 g/mol. The molecular formula is C9H20O3. The Morgan fingerprint density at radius 1 is 1.17 bits per heavy atom. The van der Waals surface area contributed by atoms with Crippen LogP contribution in [0.1, 0.15) is 46.0 Å². The summed E-state index contributed by atoms with van der Waals surface area (Å²) < 4.78 is 4.78. The largest absolute Gasteiger partial charge is 0.466 e. The third-order valence-electron chi connectivity index (χ3n) is 1.54. The van der Waals surface area contributed by atoms with Crippen molar-refractivity contribution in [2.45, 2.75) is 46.0 Å². The number of hydrogen-bond acceptors (Lipinski definition) is 2. The molecule has 0 saturated carbocycles. The zero-order valence-electron chi connectivity index (χ0n) is 8.06. The molecule has 0 rings (SSSR count). The first-order valence-corrected chi connectivity index (χ1v) is 4.46. The van der Waals surface area contributed by atoms with Gasteiger partial charge in [0.25, 0.3) is 0 Å². The predicted molar refractivity (Wildman–Crippen MR) is 49.0 cm³/mol. The molecule has 0 amide bonds. The van der Waals surface area contributed by atoms with Crippen LogP contribution in [0.4, 0.5) is 0 Å². The number of hydrogen-bond donors (Lipinski definition) is 0. The van der Waals surface area contributed by atoms with Gasteiger partial charge < -0.3 is 10.2 Å². The van der Waals surface area contributed by atoms with Gasteiger partial charge in [0.05, 0.1) is 6.61 Å². The van der Waals surface area contributed by atoms with E-state index in [2.05, 4.69) is 6.92 Å². The highest BCUT2D eigenvalue weighted by molar-refractivity contribution is 5.69. The van der Waals surface area contributed by atoms with Gasteiger partial charge in [-0.25, -0.2) is 0 Å². The minimum Gasteiger partial charge on any atom is -0.466 e. The second-order valence-electron chi connectivity index (χ2n) is 2.62. The van der Waals surface area contributed by atoms with Gasteiger partial charge in [-0.15, -0.1) is 0 Å². The number of esters is 1. The highest BCUT2D eigenvalue weighted by atomic mass is 16.5. The monoisotopic (exact) mass is 176 g/mol. The number of carbonyl (C=O) groups is 1. The smallest absolute Gasteiger partial charge is 0.305 e. The molecule has 0 spiro atoms. The maximum Gasteiger partial charge on any atom is 0.305 e. The van der Waals surface area contributed by atoms with E-state index in [4.69, 9.17) is 4.74 Å². The highest BCUT2D eigenvalue weighted by Crippen LogP contribution is 2.02. The normalized spacial score (nSPS) is 8.83. The minimum atomic E-state index is -0.0522. The molecule has 0 fully saturated rings. The van der Waals surface area contributed by atoms with Crippen molar-refractivity contribution in [2.24, 2.45) is 0 Å². The SMILES string of the molecule is CCCCCCC(=O)OCC.O. The van der Waals surface area contributed by atoms with Crippen molar-refractivity contribution in [1.82, 2.24) is 0 Å². The standard InChI is InChI=1S/C9H18O2.H2O/c1-3-5-6-7-8-9(10)11-4-2;/h3-8H2,1-2H3;1H2. The van der Waals surface area contributed by atoms with Gasteiger partial charge in [-0.1, -0.05) is 26.2 Å². The lowest BCUT2D eigenvalue weighted by Crippen LogP contribution is -2.02. The number of carbonyl (C=O) groups excluding carboxylic acids is 1. The molecule has 0 atom stereocenters. The lowest BCUT2D eigenvalue weighted by atomic mass is 10.2. The number of unbranched alkanes of at least 4 members (excludes halogenated alkanes) is 3. The third-order valence-corrected chi connectivity index (χ3v) is 1.54. The van der Waals surface area contributed by atoms with Crippen molar-refractivity contribution in [2.75, 3.05) is 6.61 Å². The number of rotatable bonds is 6. The van der Waals surface area contributed by atoms with Crippen LogP contribution >= 0.6 is 0 Å². The quantitative estimate of drug-likeness (QED) is 0.457. The maximum atomic E-state index is 10.8. The summed E-state index contributed by atoms with van der Waals surface area (Å²) >= 11 is 0. The summed E-state index contributed by atoms with van der Waals surface area (Å²) in [5.41, 5.74) is 0. The van der Waals surface area contributed by atoms with Crippen LogP contribution in [0.25, 0.3) is 0 Å². The average molecular weight is 176 g/mol. The average Bonchev–Trinajstić information content (AvgIpc) is 1.99. The van der Waals surface area contributed by atoms with Crippen LogP contribution in [0.2, 0.25) is 0 Å². The second-order valence-corrected chi connectivity index (χ2v) is 2.62. The lowest BCUT2D eigenvalue weighted by Gasteiger charge is -2.00. The molecule has 0 bridgehead atoms. The van der Waals surface area contributed by atoms with Crippen LogP contribution in [0.15, 0.2) is 0 Å². The summed E-state index contributed by atoms with van der Waals surface area (Å²) in [7, 11) is 0. The van der Waals surface area contributed by atoms with Gasteiger partial charge in [0, 0.05) is 6.42 Å². The van der Waals surface area contributed by atoms with Gasteiger partial charge >= 0.3 is 5.97 Å². The Bertz CT molecular complexity index is 102. The highest BCUT2D eigenvalue weighted by Gasteiger charge is 1.99. The summed E-state index contributed by atoms with van der Waals surface area (Å²) in [5.74, 6) is -0.0522. The van der Waals surface area contributed by atoms with Gasteiger partial charge in [0.1, 0.15) is 0 Å². The summed E-state index contributed by atoms with van der Waals surface area (Å²) in [6, 6.07) is 0. The van der Waals surface area contributed by atoms with Crippen molar-refractivity contribution in [1.29, 1.82) is 0 Å². The molecule has 0 aromatic carbocycles. The van der Waals surface area contributed by atoms with Crippen LogP contribution < -0.4 is 0 Å². The van der Waals surface area contributed by atoms with E-state index in [1.807, 2.05) is 6.92 Å². The van der Waals surface area contributed by atoms with E-state index < -0.39 is 0 Å². The summed E-state index contributed by atoms with van der Waals surface area (Å²) in [6.45, 7) is 4.50. The fraction of sp³-hybridized carbons (Fsp3) is 0.889. The van der Waals surface area contributed by atoms with Gasteiger partial charge in [0.2, 0.25) is 0 Å². The molecule has 0 radical (unpaired) electrons. The fourth-order valence-electron chi connectivity index (χ4n) is 0.929. The first kappa shape index (κ1) is 14.0. The Kier molecular flexibility index (Phi) is 12.2. The Hall–Kier alpha value is -0.570. The van der Waals surface area contributed by atoms with Crippen molar-refractivity contribution in [3.05, 3.63) is 0 Å². The Labute approximate surface area is 74.4 Å². The lowest BCUT2D eigenvalue weighted by molar-refractivity contribution is -0.143. The molecule has 3 nitrogen and oxygen atoms in total. The molecule has 0 heterocycles. The van der Waals surface area contributed by atoms with Crippen molar-refractivity contribution in [3.63, 3.8) is 0 Å². The topological polar surface area (TPSA) is 57.8 Å². The zero-order chi connectivity index (χ0) is 8.53. The molecule has 0 aromatic rings. The Morgan fingerprint density at radius 2 is 1.83 bits per heavy atom. The van der Waals surface area contributed by atoms with E-state index in [0.717, 1.165) is 12.8 Å². The van der Waals surface area contributed by atoms with Crippen molar-refractivity contribution in [3.8, 4) is 0 Å². The van der Waals surface area contributed by atoms with Crippen molar-refractivity contribution < 1.29 is 15.0 Å². The van der Waals surface area contributed by atoms with Crippen LogP contribution in [-0.4, -0.2) is 18.1 Å². The van der Waals surface area contributed by atoms with E-state index in [-0.39, 0.29) is 11.4 Å². The minimum absolute atomic E-state index is 0. The summed E-state index contributed by atoms with van der Waals surface area (Å²) in [5, 5.41) is 0. The maximum absolute atomic E-state index is 10.8. The van der Waals surface area contributed by atoms with Crippen molar-refractivity contribution >= 4 is 5.97 Å². The fourth-order valence-corrected chi connectivity index (χ4v) is 0.929.